The van der Waals surface area contributed by atoms with E-state index in [9.17, 15) is 0 Å². The molecule has 0 aromatic heterocycles. The van der Waals surface area contributed by atoms with Gasteiger partial charge in [0.2, 0.25) is 0 Å². The molecule has 0 fully saturated rings. The molecule has 0 aliphatic rings. The van der Waals surface area contributed by atoms with Crippen molar-refractivity contribution in [3.8, 4) is 0 Å². The minimum Gasteiger partial charge on any atom is -0.319 e. The van der Waals surface area contributed by atoms with E-state index in [-0.39, 0.29) is 0 Å². The maximum atomic E-state index is 3.39. The number of nitrogens with zero attached hydrogens (tertiary/aromatic N) is 1. The fourth-order valence-corrected chi connectivity index (χ4v) is 2.82. The summed E-state index contributed by atoms with van der Waals surface area (Å²) >= 11 is 0. The molecule has 0 atom stereocenters. The molecule has 20 heavy (non-hydrogen) atoms. The van der Waals surface area contributed by atoms with Gasteiger partial charge in [0.05, 0.1) is 0 Å². The zero-order chi connectivity index (χ0) is 15.0. The van der Waals surface area contributed by atoms with Gasteiger partial charge in [-0.25, -0.2) is 0 Å². The summed E-state index contributed by atoms with van der Waals surface area (Å²) in [6.45, 7) is 12.6. The van der Waals surface area contributed by atoms with Gasteiger partial charge >= 0.3 is 0 Å². The highest BCUT2D eigenvalue weighted by Gasteiger charge is 2.29. The first-order valence-corrected chi connectivity index (χ1v) is 7.99. The van der Waals surface area contributed by atoms with E-state index < -0.39 is 0 Å². The van der Waals surface area contributed by atoms with Crippen LogP contribution in [-0.4, -0.2) is 31.1 Å². The highest BCUT2D eigenvalue weighted by atomic mass is 15.2. The highest BCUT2D eigenvalue weighted by Crippen LogP contribution is 2.28. The molecular formula is C18H32N2. The van der Waals surface area contributed by atoms with Gasteiger partial charge in [0.1, 0.15) is 0 Å². The van der Waals surface area contributed by atoms with Gasteiger partial charge in [-0.2, -0.15) is 0 Å². The zero-order valence-electron chi connectivity index (χ0n) is 13.9. The van der Waals surface area contributed by atoms with Crippen LogP contribution in [0.3, 0.4) is 0 Å². The Morgan fingerprint density at radius 2 is 1.70 bits per heavy atom. The monoisotopic (exact) mass is 276 g/mol. The Morgan fingerprint density at radius 1 is 1.10 bits per heavy atom. The van der Waals surface area contributed by atoms with Crippen LogP contribution in [-0.2, 0) is 6.54 Å². The van der Waals surface area contributed by atoms with E-state index in [4.69, 9.17) is 0 Å². The van der Waals surface area contributed by atoms with Gasteiger partial charge < -0.3 is 5.32 Å². The van der Waals surface area contributed by atoms with Crippen molar-refractivity contribution in [2.24, 2.45) is 5.41 Å². The van der Waals surface area contributed by atoms with E-state index in [1.807, 2.05) is 0 Å². The lowest BCUT2D eigenvalue weighted by molar-refractivity contribution is 0.105. The standard InChI is InChI=1S/C18H32N2/c1-6-18(7-2,14-19-5)15-20(16(3)4)13-17-11-9-8-10-12-17/h8-12,16,19H,6-7,13-15H2,1-5H3. The van der Waals surface area contributed by atoms with Crippen LogP contribution in [0.1, 0.15) is 46.1 Å². The topological polar surface area (TPSA) is 15.3 Å². The molecule has 0 radical (unpaired) electrons. The average molecular weight is 276 g/mol. The Hall–Kier alpha value is -0.860. The van der Waals surface area contributed by atoms with Crippen molar-refractivity contribution in [3.05, 3.63) is 35.9 Å². The average Bonchev–Trinajstić information content (AvgIpc) is 2.46. The maximum Gasteiger partial charge on any atom is 0.0236 e. The summed E-state index contributed by atoms with van der Waals surface area (Å²) in [5.41, 5.74) is 1.79. The van der Waals surface area contributed by atoms with Gasteiger partial charge in [0.15, 0.2) is 0 Å². The molecule has 1 aromatic rings. The molecule has 0 heterocycles. The Labute approximate surface area is 125 Å². The molecule has 2 heteroatoms. The van der Waals surface area contributed by atoms with Crippen LogP contribution >= 0.6 is 0 Å². The zero-order valence-corrected chi connectivity index (χ0v) is 13.9. The fraction of sp³-hybridized carbons (Fsp3) is 0.667. The number of hydrogen-bond acceptors (Lipinski definition) is 2. The first-order valence-electron chi connectivity index (χ1n) is 7.99. The molecule has 0 saturated heterocycles. The van der Waals surface area contributed by atoms with E-state index >= 15 is 0 Å². The van der Waals surface area contributed by atoms with Crippen molar-refractivity contribution in [2.45, 2.75) is 53.1 Å². The summed E-state index contributed by atoms with van der Waals surface area (Å²) in [6.07, 6.45) is 2.45. The first kappa shape index (κ1) is 17.2. The summed E-state index contributed by atoms with van der Waals surface area (Å²) in [6, 6.07) is 11.4. The van der Waals surface area contributed by atoms with E-state index in [2.05, 4.69) is 75.3 Å². The largest absolute Gasteiger partial charge is 0.319 e. The Balaban J connectivity index is 2.80. The number of nitrogens with one attached hydrogen (secondary N) is 1. The van der Waals surface area contributed by atoms with Crippen LogP contribution in [0.25, 0.3) is 0 Å². The minimum atomic E-state index is 0.383. The molecular weight excluding hydrogens is 244 g/mol. The van der Waals surface area contributed by atoms with Gasteiger partial charge in [-0.15, -0.1) is 0 Å². The summed E-state index contributed by atoms with van der Waals surface area (Å²) in [7, 11) is 2.07. The predicted octanol–water partition coefficient (Wildman–Crippen LogP) is 3.92. The molecule has 0 bridgehead atoms. The second-order valence-electron chi connectivity index (χ2n) is 6.22. The van der Waals surface area contributed by atoms with Crippen molar-refractivity contribution >= 4 is 0 Å². The molecule has 1 N–H and O–H groups in total. The molecule has 2 nitrogen and oxygen atoms in total. The van der Waals surface area contributed by atoms with Gasteiger partial charge in [0, 0.05) is 25.7 Å². The van der Waals surface area contributed by atoms with E-state index in [0.29, 0.717) is 11.5 Å². The number of rotatable bonds is 9. The summed E-state index contributed by atoms with van der Waals surface area (Å²) in [4.78, 5) is 2.61. The van der Waals surface area contributed by atoms with Crippen molar-refractivity contribution in [1.29, 1.82) is 0 Å². The third-order valence-corrected chi connectivity index (χ3v) is 4.55. The van der Waals surface area contributed by atoms with E-state index in [1.54, 1.807) is 0 Å². The third kappa shape index (κ3) is 4.92. The van der Waals surface area contributed by atoms with E-state index in [0.717, 1.165) is 19.6 Å². The van der Waals surface area contributed by atoms with Crippen molar-refractivity contribution in [3.63, 3.8) is 0 Å². The van der Waals surface area contributed by atoms with E-state index in [1.165, 1.54) is 18.4 Å². The lowest BCUT2D eigenvalue weighted by Crippen LogP contribution is -2.45. The molecule has 0 unspecified atom stereocenters. The smallest absolute Gasteiger partial charge is 0.0236 e. The second-order valence-corrected chi connectivity index (χ2v) is 6.22. The molecule has 1 aromatic carbocycles. The highest BCUT2D eigenvalue weighted by molar-refractivity contribution is 5.14. The molecule has 0 saturated carbocycles. The van der Waals surface area contributed by atoms with Gasteiger partial charge in [-0.1, -0.05) is 44.2 Å². The van der Waals surface area contributed by atoms with Gasteiger partial charge in [0.25, 0.3) is 0 Å². The number of benzene rings is 1. The first-order chi connectivity index (χ1) is 9.56. The van der Waals surface area contributed by atoms with Gasteiger partial charge in [-0.3, -0.25) is 4.90 Å². The third-order valence-electron chi connectivity index (χ3n) is 4.55. The maximum absolute atomic E-state index is 3.39. The van der Waals surface area contributed by atoms with Gasteiger partial charge in [-0.05, 0) is 44.7 Å². The molecule has 0 aliphatic carbocycles. The Morgan fingerprint density at radius 3 is 2.15 bits per heavy atom. The minimum absolute atomic E-state index is 0.383. The lowest BCUT2D eigenvalue weighted by atomic mass is 9.81. The summed E-state index contributed by atoms with van der Waals surface area (Å²) in [5, 5.41) is 3.39. The van der Waals surface area contributed by atoms with Crippen LogP contribution in [0, 0.1) is 5.41 Å². The van der Waals surface area contributed by atoms with Crippen LogP contribution in [0.5, 0.6) is 0 Å². The number of hydrogen-bond donors (Lipinski definition) is 1. The van der Waals surface area contributed by atoms with Crippen molar-refractivity contribution < 1.29 is 0 Å². The second kappa shape index (κ2) is 8.43. The van der Waals surface area contributed by atoms with Crippen LogP contribution in [0.2, 0.25) is 0 Å². The summed E-state index contributed by atoms with van der Waals surface area (Å²) in [5.74, 6) is 0. The fourth-order valence-electron chi connectivity index (χ4n) is 2.82. The molecule has 0 spiro atoms. The van der Waals surface area contributed by atoms with Crippen molar-refractivity contribution in [1.82, 2.24) is 10.2 Å². The summed E-state index contributed by atoms with van der Waals surface area (Å²) < 4.78 is 0. The molecule has 0 aliphatic heterocycles. The SMILES string of the molecule is CCC(CC)(CNC)CN(Cc1ccccc1)C(C)C. The quantitative estimate of drug-likeness (QED) is 0.735. The molecule has 114 valence electrons. The van der Waals surface area contributed by atoms with Crippen molar-refractivity contribution in [2.75, 3.05) is 20.1 Å². The molecule has 0 amide bonds. The normalized spacial score (nSPS) is 12.3. The van der Waals surface area contributed by atoms with Crippen LogP contribution in [0.15, 0.2) is 30.3 Å². The Bertz CT molecular complexity index is 355. The Kier molecular flexibility index (Phi) is 7.25. The van der Waals surface area contributed by atoms with Crippen LogP contribution in [0.4, 0.5) is 0 Å². The predicted molar refractivity (Wildman–Crippen MR) is 88.9 cm³/mol. The molecule has 1 rings (SSSR count). The lowest BCUT2D eigenvalue weighted by Gasteiger charge is -2.39. The van der Waals surface area contributed by atoms with Crippen LogP contribution < -0.4 is 5.32 Å².